The molecule has 0 spiro atoms. The van der Waals surface area contributed by atoms with Gasteiger partial charge >= 0.3 is 10.1 Å². The number of ketones is 2. The number of ether oxygens (including phenoxy) is 1. The Labute approximate surface area is 269 Å². The molecule has 0 saturated carbocycles. The fourth-order valence-corrected chi connectivity index (χ4v) is 8.57. The van der Waals surface area contributed by atoms with Crippen LogP contribution in [0.2, 0.25) is 0 Å². The minimum absolute atomic E-state index is 0.0443. The molecule has 7 nitrogen and oxygen atoms in total. The molecule has 43 heavy (non-hydrogen) atoms. The van der Waals surface area contributed by atoms with Crippen LogP contribution in [-0.2, 0) is 19.7 Å². The molecule has 1 heterocycles. The lowest BCUT2D eigenvalue weighted by atomic mass is 9.63. The van der Waals surface area contributed by atoms with Crippen molar-refractivity contribution < 1.29 is 26.9 Å². The molecule has 0 N–H and O–H groups in total. The first-order chi connectivity index (χ1) is 20.1. The van der Waals surface area contributed by atoms with E-state index in [0.717, 1.165) is 35.4 Å². The number of rotatable bonds is 7. The highest BCUT2D eigenvalue weighted by molar-refractivity contribution is 14.1. The van der Waals surface area contributed by atoms with Crippen molar-refractivity contribution in [1.82, 2.24) is 4.90 Å². The van der Waals surface area contributed by atoms with Gasteiger partial charge in [-0.1, -0.05) is 45.4 Å². The van der Waals surface area contributed by atoms with E-state index in [1.54, 1.807) is 18.2 Å². The largest absolute Gasteiger partial charge is 0.490 e. The average molecular weight is 718 g/mol. The van der Waals surface area contributed by atoms with Gasteiger partial charge in [-0.2, -0.15) is 8.42 Å². The Morgan fingerprint density at radius 2 is 1.42 bits per heavy atom. The molecule has 0 aromatic heterocycles. The van der Waals surface area contributed by atoms with Crippen molar-refractivity contribution in [2.45, 2.75) is 85.0 Å². The zero-order chi connectivity index (χ0) is 31.5. The quantitative estimate of drug-likeness (QED) is 0.217. The predicted molar refractivity (Wildman–Crippen MR) is 175 cm³/mol. The van der Waals surface area contributed by atoms with Crippen molar-refractivity contribution in [3.63, 3.8) is 0 Å². The Hall–Kier alpha value is -2.66. The Bertz CT molecular complexity index is 1610. The lowest BCUT2D eigenvalue weighted by Gasteiger charge is -2.49. The van der Waals surface area contributed by atoms with Crippen LogP contribution in [0.1, 0.15) is 84.3 Å². The molecule has 0 fully saturated rings. The monoisotopic (exact) mass is 717 g/mol. The first-order valence-corrected chi connectivity index (χ1v) is 17.3. The Balaban J connectivity index is 1.70. The van der Waals surface area contributed by atoms with Gasteiger partial charge < -0.3 is 13.8 Å². The summed E-state index contributed by atoms with van der Waals surface area (Å²) in [6, 6.07) is 10.1. The van der Waals surface area contributed by atoms with Crippen LogP contribution in [0.5, 0.6) is 11.5 Å². The number of aryl methyl sites for hydroxylation is 1. The van der Waals surface area contributed by atoms with Crippen LogP contribution in [0.15, 0.2) is 63.8 Å². The highest BCUT2D eigenvalue weighted by Gasteiger charge is 2.49. The second kappa shape index (κ2) is 11.4. The number of halogens is 1. The molecule has 0 saturated heterocycles. The molecule has 2 aromatic carbocycles. The molecule has 0 atom stereocenters. The van der Waals surface area contributed by atoms with E-state index in [2.05, 4.69) is 62.1 Å². The smallest absolute Gasteiger partial charge is 0.339 e. The summed E-state index contributed by atoms with van der Waals surface area (Å²) >= 11 is 2.06. The predicted octanol–water partition coefficient (Wildman–Crippen LogP) is 7.47. The minimum Gasteiger partial charge on any atom is -0.490 e. The topological polar surface area (TPSA) is 90.0 Å². The average Bonchev–Trinajstić information content (AvgIpc) is 2.88. The number of allylic oxidation sites excluding steroid dienone is 4. The van der Waals surface area contributed by atoms with Gasteiger partial charge in [0.25, 0.3) is 0 Å². The summed E-state index contributed by atoms with van der Waals surface area (Å²) in [5, 5.41) is 0. The van der Waals surface area contributed by atoms with E-state index < -0.39 is 16.0 Å². The van der Waals surface area contributed by atoms with Crippen molar-refractivity contribution >= 4 is 44.3 Å². The van der Waals surface area contributed by atoms with Crippen LogP contribution in [0, 0.1) is 21.3 Å². The second-order valence-corrected chi connectivity index (χ2v) is 16.1. The zero-order valence-corrected chi connectivity index (χ0v) is 28.9. The van der Waals surface area contributed by atoms with Gasteiger partial charge in [0.05, 0.1) is 10.2 Å². The van der Waals surface area contributed by atoms with Crippen molar-refractivity contribution in [3.8, 4) is 11.5 Å². The summed E-state index contributed by atoms with van der Waals surface area (Å²) in [6.07, 6.45) is 2.26. The number of Topliss-reactive ketones (excluding diaryl/α,β-unsaturated/α-hetero) is 2. The summed E-state index contributed by atoms with van der Waals surface area (Å²) in [4.78, 5) is 30.2. The van der Waals surface area contributed by atoms with Crippen LogP contribution >= 0.6 is 22.6 Å². The maximum atomic E-state index is 14.0. The molecular formula is C34H40INO6S. The summed E-state index contributed by atoms with van der Waals surface area (Å²) in [6.45, 7) is 15.2. The summed E-state index contributed by atoms with van der Waals surface area (Å²) in [7, 11) is -4.14. The maximum Gasteiger partial charge on any atom is 0.339 e. The van der Waals surface area contributed by atoms with E-state index in [9.17, 15) is 18.0 Å². The van der Waals surface area contributed by atoms with Crippen LogP contribution in [0.3, 0.4) is 0 Å². The standard InChI is InChI=1S/C34H40INO6S/c1-8-36-24-16-33(4,5)18-26(37)30(24)29(31-25(36)17-34(6,7)19-27(31)38)21-14-23(35)32(28(15-21)41-9-2)42-43(39,40)22-12-10-20(3)11-13-22/h10-15,29H,8-9,16-19H2,1-7H3. The van der Waals surface area contributed by atoms with E-state index in [1.165, 1.54) is 12.1 Å². The van der Waals surface area contributed by atoms with E-state index in [-0.39, 0.29) is 45.4 Å². The fourth-order valence-electron chi connectivity index (χ4n) is 6.72. The van der Waals surface area contributed by atoms with Gasteiger partial charge in [0.1, 0.15) is 4.90 Å². The van der Waals surface area contributed by atoms with Crippen LogP contribution in [-0.4, -0.2) is 38.0 Å². The third-order valence-electron chi connectivity index (χ3n) is 8.51. The van der Waals surface area contributed by atoms with Crippen molar-refractivity contribution in [1.29, 1.82) is 0 Å². The fraction of sp³-hybridized carbons (Fsp3) is 0.471. The van der Waals surface area contributed by atoms with Crippen LogP contribution in [0.4, 0.5) is 0 Å². The third-order valence-corrected chi connectivity index (χ3v) is 10.5. The number of nitrogens with zero attached hydrogens (tertiary/aromatic N) is 1. The number of hydrogen-bond acceptors (Lipinski definition) is 7. The van der Waals surface area contributed by atoms with Gasteiger partial charge in [-0.25, -0.2) is 0 Å². The molecule has 5 rings (SSSR count). The van der Waals surface area contributed by atoms with Gasteiger partial charge in [-0.15, -0.1) is 0 Å². The lowest BCUT2D eigenvalue weighted by Crippen LogP contribution is -2.44. The van der Waals surface area contributed by atoms with Crippen LogP contribution < -0.4 is 8.92 Å². The van der Waals surface area contributed by atoms with Gasteiger partial charge in [-0.3, -0.25) is 9.59 Å². The summed E-state index contributed by atoms with van der Waals surface area (Å²) in [5.41, 5.74) is 4.59. The van der Waals surface area contributed by atoms with E-state index >= 15 is 0 Å². The molecular weight excluding hydrogens is 677 g/mol. The molecule has 1 aliphatic heterocycles. The summed E-state index contributed by atoms with van der Waals surface area (Å²) in [5.74, 6) is -0.110. The Morgan fingerprint density at radius 3 is 1.91 bits per heavy atom. The maximum absolute atomic E-state index is 14.0. The number of hydrogen-bond donors (Lipinski definition) is 0. The van der Waals surface area contributed by atoms with Crippen molar-refractivity contribution in [3.05, 3.63) is 73.6 Å². The molecule has 2 aliphatic carbocycles. The molecule has 3 aliphatic rings. The zero-order valence-electron chi connectivity index (χ0n) is 26.0. The Morgan fingerprint density at radius 1 is 0.884 bits per heavy atom. The molecule has 0 unspecified atom stereocenters. The van der Waals surface area contributed by atoms with Gasteiger partial charge in [0, 0.05) is 47.8 Å². The molecule has 9 heteroatoms. The van der Waals surface area contributed by atoms with Crippen LogP contribution in [0.25, 0.3) is 0 Å². The molecule has 0 radical (unpaired) electrons. The van der Waals surface area contributed by atoms with Gasteiger partial charge in [0.2, 0.25) is 0 Å². The summed E-state index contributed by atoms with van der Waals surface area (Å²) < 4.78 is 38.7. The number of benzene rings is 2. The van der Waals surface area contributed by atoms with Gasteiger partial charge in [0.15, 0.2) is 23.1 Å². The third kappa shape index (κ3) is 6.03. The van der Waals surface area contributed by atoms with E-state index in [0.29, 0.717) is 34.1 Å². The molecule has 2 aromatic rings. The minimum atomic E-state index is -4.14. The number of carbonyl (C=O) groups excluding carboxylic acids is 2. The highest BCUT2D eigenvalue weighted by Crippen LogP contribution is 2.55. The number of carbonyl (C=O) groups is 2. The van der Waals surface area contributed by atoms with Crippen molar-refractivity contribution in [2.24, 2.45) is 10.8 Å². The van der Waals surface area contributed by atoms with E-state index in [1.807, 2.05) is 19.9 Å². The highest BCUT2D eigenvalue weighted by atomic mass is 127. The molecule has 0 bridgehead atoms. The van der Waals surface area contributed by atoms with Gasteiger partial charge in [-0.05, 0) is 96.9 Å². The Kier molecular flexibility index (Phi) is 8.39. The normalized spacial score (nSPS) is 20.2. The lowest BCUT2D eigenvalue weighted by molar-refractivity contribution is -0.119. The first-order valence-electron chi connectivity index (χ1n) is 14.8. The van der Waals surface area contributed by atoms with Crippen molar-refractivity contribution in [2.75, 3.05) is 13.2 Å². The SMILES string of the molecule is CCOc1cc(C2C3=C(CC(C)(C)CC3=O)N(CC)C3=C2C(=O)CC(C)(C)C3)cc(I)c1OS(=O)(=O)c1ccc(C)cc1. The first kappa shape index (κ1) is 31.8. The molecule has 230 valence electrons. The van der Waals surface area contributed by atoms with E-state index in [4.69, 9.17) is 8.92 Å². The molecule has 0 amide bonds. The second-order valence-electron chi connectivity index (χ2n) is 13.4.